The van der Waals surface area contributed by atoms with Crippen molar-refractivity contribution in [2.24, 2.45) is 11.3 Å². The first-order chi connectivity index (χ1) is 18.5. The van der Waals surface area contributed by atoms with Crippen LogP contribution < -0.4 is 10.6 Å². The molecule has 1 heterocycles. The molecule has 0 bridgehead atoms. The largest absolute Gasteiger partial charge is 0.465 e. The van der Waals surface area contributed by atoms with Crippen LogP contribution in [-0.2, 0) is 22.4 Å². The third-order valence-electron chi connectivity index (χ3n) is 7.01. The molecule has 9 heteroatoms. The number of thioether (sulfide) groups is 1. The molecule has 206 valence electrons. The molecular formula is C30H33FN2O4S2. The zero-order valence-electron chi connectivity index (χ0n) is 22.7. The summed E-state index contributed by atoms with van der Waals surface area (Å²) in [6.45, 7) is 8.49. The number of nitrogens with one attached hydrogen (secondary N) is 2. The van der Waals surface area contributed by atoms with E-state index in [1.165, 1.54) is 48.4 Å². The fourth-order valence-electron chi connectivity index (χ4n) is 4.69. The van der Waals surface area contributed by atoms with Crippen molar-refractivity contribution in [1.29, 1.82) is 0 Å². The second-order valence-electron chi connectivity index (χ2n) is 10.7. The van der Waals surface area contributed by atoms with Crippen molar-refractivity contribution in [3.63, 3.8) is 0 Å². The van der Waals surface area contributed by atoms with Crippen molar-refractivity contribution in [3.05, 3.63) is 75.9 Å². The van der Waals surface area contributed by atoms with E-state index in [0.717, 1.165) is 34.6 Å². The Balaban J connectivity index is 1.46. The number of rotatable bonds is 7. The first-order valence-corrected chi connectivity index (χ1v) is 14.5. The van der Waals surface area contributed by atoms with Crippen molar-refractivity contribution in [2.75, 3.05) is 17.7 Å². The van der Waals surface area contributed by atoms with E-state index in [4.69, 9.17) is 4.74 Å². The summed E-state index contributed by atoms with van der Waals surface area (Å²) in [6.07, 6.45) is 2.64. The summed E-state index contributed by atoms with van der Waals surface area (Å²) in [7, 11) is 1.36. The van der Waals surface area contributed by atoms with Crippen molar-refractivity contribution >= 4 is 51.6 Å². The lowest BCUT2D eigenvalue weighted by molar-refractivity contribution is -0.115. The fraction of sp³-hybridized carbons (Fsp3) is 0.367. The van der Waals surface area contributed by atoms with E-state index >= 15 is 0 Å². The molecule has 1 aliphatic carbocycles. The summed E-state index contributed by atoms with van der Waals surface area (Å²) in [6, 6.07) is 12.8. The molecule has 1 aromatic heterocycles. The van der Waals surface area contributed by atoms with Gasteiger partial charge >= 0.3 is 5.97 Å². The summed E-state index contributed by atoms with van der Waals surface area (Å²) in [5.41, 5.74) is 2.06. The predicted octanol–water partition coefficient (Wildman–Crippen LogP) is 7.20. The Morgan fingerprint density at radius 1 is 1.10 bits per heavy atom. The number of esters is 1. The number of carbonyl (C=O) groups excluding carboxylic acids is 3. The predicted molar refractivity (Wildman–Crippen MR) is 155 cm³/mol. The van der Waals surface area contributed by atoms with Crippen LogP contribution in [0.4, 0.5) is 15.1 Å². The minimum atomic E-state index is -0.596. The van der Waals surface area contributed by atoms with E-state index in [2.05, 4.69) is 31.4 Å². The highest BCUT2D eigenvalue weighted by Crippen LogP contribution is 2.44. The van der Waals surface area contributed by atoms with Gasteiger partial charge in [0.25, 0.3) is 5.91 Å². The Morgan fingerprint density at radius 3 is 2.54 bits per heavy atom. The zero-order valence-corrected chi connectivity index (χ0v) is 24.4. The van der Waals surface area contributed by atoms with Crippen LogP contribution in [0, 0.1) is 17.2 Å². The van der Waals surface area contributed by atoms with Gasteiger partial charge in [0, 0.05) is 15.5 Å². The first-order valence-electron chi connectivity index (χ1n) is 12.8. The first kappa shape index (κ1) is 28.8. The molecule has 0 saturated carbocycles. The number of hydrogen-bond donors (Lipinski definition) is 2. The number of hydrogen-bond acceptors (Lipinski definition) is 6. The van der Waals surface area contributed by atoms with Crippen molar-refractivity contribution in [1.82, 2.24) is 0 Å². The number of fused-ring (bicyclic) bond motifs is 1. The van der Waals surface area contributed by atoms with Crippen LogP contribution in [0.25, 0.3) is 0 Å². The number of anilines is 2. The molecule has 6 nitrogen and oxygen atoms in total. The molecule has 2 N–H and O–H groups in total. The van der Waals surface area contributed by atoms with Crippen molar-refractivity contribution in [2.45, 2.75) is 57.1 Å². The van der Waals surface area contributed by atoms with Crippen LogP contribution in [0.2, 0.25) is 0 Å². The Kier molecular flexibility index (Phi) is 8.81. The Bertz CT molecular complexity index is 1400. The standard InChI is InChI=1S/C30H33FN2O4S2/c1-17(38-20-10-8-9-19(16-20)32-27(35)21-11-6-7-12-23(21)31)26(34)33-28-25(29(36)37-5)22-14-13-18(30(2,3)4)15-24(22)39-28/h6-12,16-18H,13-15H2,1-5H3,(H,32,35)(H,33,34). The summed E-state index contributed by atoms with van der Waals surface area (Å²) < 4.78 is 19.0. The van der Waals surface area contributed by atoms with Gasteiger partial charge in [-0.15, -0.1) is 23.1 Å². The van der Waals surface area contributed by atoms with E-state index < -0.39 is 22.9 Å². The third kappa shape index (κ3) is 6.70. The van der Waals surface area contributed by atoms with Gasteiger partial charge in [0.2, 0.25) is 5.91 Å². The van der Waals surface area contributed by atoms with Gasteiger partial charge < -0.3 is 15.4 Å². The molecule has 4 rings (SSSR count). The Hall–Kier alpha value is -3.17. The zero-order chi connectivity index (χ0) is 28.3. The minimum absolute atomic E-state index is 0.0443. The topological polar surface area (TPSA) is 84.5 Å². The molecular weight excluding hydrogens is 535 g/mol. The molecule has 2 atom stereocenters. The van der Waals surface area contributed by atoms with Gasteiger partial charge in [-0.05, 0) is 73.4 Å². The van der Waals surface area contributed by atoms with E-state index in [1.54, 1.807) is 31.2 Å². The van der Waals surface area contributed by atoms with Crippen molar-refractivity contribution in [3.8, 4) is 0 Å². The fourth-order valence-corrected chi connectivity index (χ4v) is 6.94. The average molecular weight is 569 g/mol. The molecule has 1 aliphatic rings. The van der Waals surface area contributed by atoms with E-state index in [9.17, 15) is 18.8 Å². The smallest absolute Gasteiger partial charge is 0.341 e. The van der Waals surface area contributed by atoms with Gasteiger partial charge in [0.15, 0.2) is 0 Å². The summed E-state index contributed by atoms with van der Waals surface area (Å²) in [5, 5.41) is 5.73. The van der Waals surface area contributed by atoms with E-state index in [-0.39, 0.29) is 16.9 Å². The molecule has 3 aromatic rings. The lowest BCUT2D eigenvalue weighted by Gasteiger charge is -2.33. The van der Waals surface area contributed by atoms with Gasteiger partial charge in [-0.25, -0.2) is 9.18 Å². The molecule has 0 saturated heterocycles. The Morgan fingerprint density at radius 2 is 1.85 bits per heavy atom. The van der Waals surface area contributed by atoms with Crippen LogP contribution >= 0.6 is 23.1 Å². The molecule has 0 radical (unpaired) electrons. The number of halogens is 1. The second kappa shape index (κ2) is 11.9. The third-order valence-corrected chi connectivity index (χ3v) is 9.27. The summed E-state index contributed by atoms with van der Waals surface area (Å²) >= 11 is 2.79. The van der Waals surface area contributed by atoms with Gasteiger partial charge in [-0.2, -0.15) is 0 Å². The molecule has 2 amide bonds. The number of benzene rings is 2. The minimum Gasteiger partial charge on any atom is -0.465 e. The van der Waals surface area contributed by atoms with Crippen LogP contribution in [0.3, 0.4) is 0 Å². The molecule has 39 heavy (non-hydrogen) atoms. The lowest BCUT2D eigenvalue weighted by Crippen LogP contribution is -2.26. The van der Waals surface area contributed by atoms with E-state index in [0.29, 0.717) is 22.2 Å². The van der Waals surface area contributed by atoms with Gasteiger partial charge in [0.05, 0.1) is 23.5 Å². The number of amides is 2. The van der Waals surface area contributed by atoms with E-state index in [1.807, 2.05) is 6.07 Å². The maximum absolute atomic E-state index is 14.0. The van der Waals surface area contributed by atoms with Gasteiger partial charge in [-0.1, -0.05) is 39.0 Å². The van der Waals surface area contributed by atoms with Crippen LogP contribution in [-0.4, -0.2) is 30.1 Å². The van der Waals surface area contributed by atoms with Gasteiger partial charge in [0.1, 0.15) is 10.8 Å². The molecule has 0 spiro atoms. The van der Waals surface area contributed by atoms with Crippen LogP contribution in [0.1, 0.15) is 65.3 Å². The normalized spacial score (nSPS) is 15.7. The summed E-state index contributed by atoms with van der Waals surface area (Å²) in [5.74, 6) is -1.32. The Labute approximate surface area is 236 Å². The van der Waals surface area contributed by atoms with Crippen LogP contribution in [0.5, 0.6) is 0 Å². The molecule has 0 aliphatic heterocycles. The maximum atomic E-state index is 14.0. The molecule has 2 unspecified atom stereocenters. The molecule has 0 fully saturated rings. The second-order valence-corrected chi connectivity index (χ2v) is 13.2. The highest BCUT2D eigenvalue weighted by molar-refractivity contribution is 8.00. The lowest BCUT2D eigenvalue weighted by atomic mass is 9.72. The monoisotopic (exact) mass is 568 g/mol. The summed E-state index contributed by atoms with van der Waals surface area (Å²) in [4.78, 5) is 40.3. The number of ether oxygens (including phenoxy) is 1. The van der Waals surface area contributed by atoms with Crippen molar-refractivity contribution < 1.29 is 23.5 Å². The highest BCUT2D eigenvalue weighted by atomic mass is 32.2. The number of methoxy groups -OCH3 is 1. The molecule has 2 aromatic carbocycles. The average Bonchev–Trinajstić information content (AvgIpc) is 3.25. The maximum Gasteiger partial charge on any atom is 0.341 e. The highest BCUT2D eigenvalue weighted by Gasteiger charge is 2.34. The number of carbonyl (C=O) groups is 3. The van der Waals surface area contributed by atoms with Crippen LogP contribution in [0.15, 0.2) is 53.4 Å². The SMILES string of the molecule is COC(=O)c1c(NC(=O)C(C)Sc2cccc(NC(=O)c3ccccc3F)c2)sc2c1CCC(C(C)(C)C)C2. The van der Waals surface area contributed by atoms with Gasteiger partial charge in [-0.3, -0.25) is 9.59 Å². The quantitative estimate of drug-likeness (QED) is 0.233. The number of thiophene rings is 1.